The summed E-state index contributed by atoms with van der Waals surface area (Å²) in [7, 11) is 0. The SMILES string of the molecule is c1cc2c(cc1[C@H](NCc1csc(C3CC3)n1)C1CC1)OCCO2. The summed E-state index contributed by atoms with van der Waals surface area (Å²) >= 11 is 1.82. The molecular formula is C19H22N2O2S. The molecule has 5 heteroatoms. The van der Waals surface area contributed by atoms with Gasteiger partial charge in [-0.15, -0.1) is 11.3 Å². The van der Waals surface area contributed by atoms with Crippen LogP contribution in [0.25, 0.3) is 0 Å². The number of ether oxygens (including phenoxy) is 2. The van der Waals surface area contributed by atoms with Gasteiger partial charge in [-0.05, 0) is 49.3 Å². The standard InChI is InChI=1S/C19H22N2O2S/c1-2-12(1)18(14-5-6-16-17(9-14)23-8-7-22-16)20-10-15-11-24-19(21-15)13-3-4-13/h5-6,9,11-13,18,20H,1-4,7-8,10H2/t18-/m1/s1. The zero-order valence-electron chi connectivity index (χ0n) is 13.7. The Labute approximate surface area is 146 Å². The van der Waals surface area contributed by atoms with Gasteiger partial charge in [-0.1, -0.05) is 6.07 Å². The molecule has 1 aliphatic heterocycles. The summed E-state index contributed by atoms with van der Waals surface area (Å²) in [5, 5.41) is 7.29. The molecule has 1 N–H and O–H groups in total. The molecule has 0 unspecified atom stereocenters. The van der Waals surface area contributed by atoms with Gasteiger partial charge in [0.1, 0.15) is 13.2 Å². The highest BCUT2D eigenvalue weighted by molar-refractivity contribution is 7.09. The number of rotatable bonds is 6. The van der Waals surface area contributed by atoms with E-state index in [4.69, 9.17) is 14.5 Å². The van der Waals surface area contributed by atoms with E-state index in [1.165, 1.54) is 41.9 Å². The molecule has 3 aliphatic rings. The van der Waals surface area contributed by atoms with Crippen LogP contribution in [0.4, 0.5) is 0 Å². The minimum atomic E-state index is 0.381. The molecule has 2 saturated carbocycles. The third-order valence-electron chi connectivity index (χ3n) is 5.02. The summed E-state index contributed by atoms with van der Waals surface area (Å²) in [6.07, 6.45) is 5.25. The Kier molecular flexibility index (Phi) is 3.71. The van der Waals surface area contributed by atoms with Crippen molar-refractivity contribution in [2.75, 3.05) is 13.2 Å². The lowest BCUT2D eigenvalue weighted by molar-refractivity contribution is 0.171. The highest BCUT2D eigenvalue weighted by Gasteiger charge is 2.33. The summed E-state index contributed by atoms with van der Waals surface area (Å²) in [4.78, 5) is 4.80. The zero-order valence-corrected chi connectivity index (χ0v) is 14.5. The number of nitrogens with zero attached hydrogens (tertiary/aromatic N) is 1. The van der Waals surface area contributed by atoms with Crippen LogP contribution in [0.3, 0.4) is 0 Å². The maximum absolute atomic E-state index is 5.75. The van der Waals surface area contributed by atoms with Crippen LogP contribution in [-0.4, -0.2) is 18.2 Å². The van der Waals surface area contributed by atoms with Crippen molar-refractivity contribution < 1.29 is 9.47 Å². The van der Waals surface area contributed by atoms with E-state index >= 15 is 0 Å². The van der Waals surface area contributed by atoms with Crippen molar-refractivity contribution in [2.45, 2.75) is 44.2 Å². The maximum Gasteiger partial charge on any atom is 0.161 e. The molecule has 1 atom stereocenters. The molecule has 2 aliphatic carbocycles. The molecule has 0 bridgehead atoms. The number of aromatic nitrogens is 1. The van der Waals surface area contributed by atoms with Gasteiger partial charge >= 0.3 is 0 Å². The lowest BCUT2D eigenvalue weighted by Crippen LogP contribution is -2.23. The lowest BCUT2D eigenvalue weighted by atomic mass is 10.0. The van der Waals surface area contributed by atoms with E-state index in [0.717, 1.165) is 29.9 Å². The Morgan fingerprint density at radius 2 is 1.96 bits per heavy atom. The van der Waals surface area contributed by atoms with E-state index in [0.29, 0.717) is 19.3 Å². The molecule has 0 saturated heterocycles. The van der Waals surface area contributed by atoms with Crippen molar-refractivity contribution in [3.05, 3.63) is 39.8 Å². The van der Waals surface area contributed by atoms with Crippen LogP contribution in [0.15, 0.2) is 23.6 Å². The number of hydrogen-bond acceptors (Lipinski definition) is 5. The molecule has 1 aromatic carbocycles. The Balaban J connectivity index is 1.31. The molecule has 126 valence electrons. The average Bonchev–Trinajstić information content (AvgIpc) is 3.55. The second-order valence-corrected chi connectivity index (χ2v) is 7.94. The summed E-state index contributed by atoms with van der Waals surface area (Å²) in [6.45, 7) is 2.13. The van der Waals surface area contributed by atoms with Crippen LogP contribution in [0.5, 0.6) is 11.5 Å². The fourth-order valence-electron chi connectivity index (χ4n) is 3.38. The molecule has 2 heterocycles. The van der Waals surface area contributed by atoms with Gasteiger partial charge in [-0.3, -0.25) is 0 Å². The molecule has 0 amide bonds. The van der Waals surface area contributed by atoms with Crippen LogP contribution in [0.1, 0.15) is 53.9 Å². The van der Waals surface area contributed by atoms with Crippen molar-refractivity contribution >= 4 is 11.3 Å². The second kappa shape index (κ2) is 6.05. The van der Waals surface area contributed by atoms with Crippen LogP contribution >= 0.6 is 11.3 Å². The predicted octanol–water partition coefficient (Wildman–Crippen LogP) is 4.03. The number of fused-ring (bicyclic) bond motifs is 1. The maximum atomic E-state index is 5.75. The molecule has 2 aromatic rings. The Bertz CT molecular complexity index is 737. The van der Waals surface area contributed by atoms with Gasteiger partial charge in [-0.2, -0.15) is 0 Å². The van der Waals surface area contributed by atoms with Crippen LogP contribution in [0.2, 0.25) is 0 Å². The average molecular weight is 342 g/mol. The van der Waals surface area contributed by atoms with Crippen molar-refractivity contribution in [1.29, 1.82) is 0 Å². The van der Waals surface area contributed by atoms with Gasteiger partial charge in [0, 0.05) is 23.9 Å². The normalized spacial score (nSPS) is 20.8. The van der Waals surface area contributed by atoms with E-state index in [2.05, 4.69) is 28.9 Å². The molecule has 24 heavy (non-hydrogen) atoms. The Morgan fingerprint density at radius 1 is 1.12 bits per heavy atom. The van der Waals surface area contributed by atoms with Crippen LogP contribution < -0.4 is 14.8 Å². The molecule has 5 rings (SSSR count). The smallest absolute Gasteiger partial charge is 0.161 e. The number of nitrogens with one attached hydrogen (secondary N) is 1. The number of benzene rings is 1. The van der Waals surface area contributed by atoms with E-state index in [-0.39, 0.29) is 0 Å². The zero-order chi connectivity index (χ0) is 15.9. The highest BCUT2D eigenvalue weighted by Crippen LogP contribution is 2.44. The second-order valence-electron chi connectivity index (χ2n) is 7.05. The summed E-state index contributed by atoms with van der Waals surface area (Å²) in [5.74, 6) is 3.24. The molecule has 4 nitrogen and oxygen atoms in total. The fourth-order valence-corrected chi connectivity index (χ4v) is 4.37. The first kappa shape index (κ1) is 14.7. The van der Waals surface area contributed by atoms with E-state index in [1.54, 1.807) is 0 Å². The predicted molar refractivity (Wildman–Crippen MR) is 93.8 cm³/mol. The molecule has 0 radical (unpaired) electrons. The molecule has 2 fully saturated rings. The van der Waals surface area contributed by atoms with Crippen molar-refractivity contribution in [3.63, 3.8) is 0 Å². The fraction of sp³-hybridized carbons (Fsp3) is 0.526. The van der Waals surface area contributed by atoms with Crippen molar-refractivity contribution in [1.82, 2.24) is 10.3 Å². The van der Waals surface area contributed by atoms with E-state index in [1.807, 2.05) is 11.3 Å². The van der Waals surface area contributed by atoms with Gasteiger partial charge < -0.3 is 14.8 Å². The van der Waals surface area contributed by atoms with E-state index in [9.17, 15) is 0 Å². The summed E-state index contributed by atoms with van der Waals surface area (Å²) in [6, 6.07) is 6.77. The largest absolute Gasteiger partial charge is 0.486 e. The summed E-state index contributed by atoms with van der Waals surface area (Å²) in [5.41, 5.74) is 2.49. The minimum Gasteiger partial charge on any atom is -0.486 e. The minimum absolute atomic E-state index is 0.381. The van der Waals surface area contributed by atoms with E-state index < -0.39 is 0 Å². The first-order chi connectivity index (χ1) is 11.9. The molecular weight excluding hydrogens is 320 g/mol. The number of hydrogen-bond donors (Lipinski definition) is 1. The van der Waals surface area contributed by atoms with Gasteiger partial charge in [-0.25, -0.2) is 4.98 Å². The topological polar surface area (TPSA) is 43.4 Å². The lowest BCUT2D eigenvalue weighted by Gasteiger charge is -2.23. The van der Waals surface area contributed by atoms with Crippen LogP contribution in [-0.2, 0) is 6.54 Å². The van der Waals surface area contributed by atoms with Gasteiger partial charge in [0.25, 0.3) is 0 Å². The first-order valence-electron chi connectivity index (χ1n) is 8.94. The Hall–Kier alpha value is -1.59. The van der Waals surface area contributed by atoms with Crippen molar-refractivity contribution in [2.24, 2.45) is 5.92 Å². The summed E-state index contributed by atoms with van der Waals surface area (Å²) < 4.78 is 11.4. The third-order valence-corrected chi connectivity index (χ3v) is 6.07. The van der Waals surface area contributed by atoms with Gasteiger partial charge in [0.05, 0.1) is 10.7 Å². The molecule has 1 aromatic heterocycles. The van der Waals surface area contributed by atoms with Crippen LogP contribution in [0, 0.1) is 5.92 Å². The van der Waals surface area contributed by atoms with Gasteiger partial charge in [0.15, 0.2) is 11.5 Å². The molecule has 0 spiro atoms. The Morgan fingerprint density at radius 3 is 2.75 bits per heavy atom. The first-order valence-corrected chi connectivity index (χ1v) is 9.82. The monoisotopic (exact) mass is 342 g/mol. The number of thiazole rings is 1. The van der Waals surface area contributed by atoms with Gasteiger partial charge in [0.2, 0.25) is 0 Å². The quantitative estimate of drug-likeness (QED) is 0.861. The highest BCUT2D eigenvalue weighted by atomic mass is 32.1. The van der Waals surface area contributed by atoms with Crippen molar-refractivity contribution in [3.8, 4) is 11.5 Å². The third kappa shape index (κ3) is 3.03.